The van der Waals surface area contributed by atoms with E-state index in [2.05, 4.69) is 16.3 Å². The van der Waals surface area contributed by atoms with Crippen molar-refractivity contribution >= 4 is 40.1 Å². The summed E-state index contributed by atoms with van der Waals surface area (Å²) in [5.41, 5.74) is -1.49. The van der Waals surface area contributed by atoms with Crippen molar-refractivity contribution in [2.45, 2.75) is 58.4 Å². The number of Topliss-reactive ketones (excluding diaryl/α,β-unsaturated/α-hetero) is 2. The molecule has 0 saturated carbocycles. The zero-order chi connectivity index (χ0) is 22.9. The number of aromatic nitrogens is 1. The molecule has 0 atom stereocenters. The Morgan fingerprint density at radius 3 is 2.33 bits per heavy atom. The van der Waals surface area contributed by atoms with Crippen LogP contribution in [0.15, 0.2) is 30.6 Å². The largest absolute Gasteiger partial charge is 0.435 e. The fourth-order valence-electron chi connectivity index (χ4n) is 3.20. The quantitative estimate of drug-likeness (QED) is 0.243. The van der Waals surface area contributed by atoms with Crippen LogP contribution in [-0.4, -0.2) is 40.2 Å². The molecule has 2 rings (SSSR count). The molecule has 0 amide bonds. The lowest BCUT2D eigenvalue weighted by molar-refractivity contribution is -0.184. The topological polar surface area (TPSA) is 65.5 Å². The SMILES string of the molecule is C=C(/C=C\C(=C/CCl)OC(F)F)c1nc(C2C(=O)C(C)(C)OC(C)(C)C2=O)c(C)s1. The molecule has 1 aromatic rings. The Labute approximate surface area is 183 Å². The number of thiazole rings is 1. The molecule has 1 saturated heterocycles. The Hall–Kier alpha value is -1.90. The second-order valence-electron chi connectivity index (χ2n) is 7.74. The van der Waals surface area contributed by atoms with Crippen LogP contribution in [0.5, 0.6) is 0 Å². The van der Waals surface area contributed by atoms with Crippen molar-refractivity contribution in [2.24, 2.45) is 0 Å². The van der Waals surface area contributed by atoms with Crippen LogP contribution in [0.25, 0.3) is 5.57 Å². The van der Waals surface area contributed by atoms with Crippen molar-refractivity contribution in [3.05, 3.63) is 46.1 Å². The van der Waals surface area contributed by atoms with Crippen molar-refractivity contribution in [1.29, 1.82) is 0 Å². The van der Waals surface area contributed by atoms with Gasteiger partial charge in [-0.1, -0.05) is 6.58 Å². The fourth-order valence-corrected chi connectivity index (χ4v) is 4.26. The minimum Gasteiger partial charge on any atom is -0.435 e. The van der Waals surface area contributed by atoms with E-state index < -0.39 is 23.7 Å². The first-order chi connectivity index (χ1) is 13.8. The maximum atomic E-state index is 12.9. The molecule has 0 spiro atoms. The van der Waals surface area contributed by atoms with Crippen LogP contribution in [0.4, 0.5) is 8.78 Å². The van der Waals surface area contributed by atoms with E-state index in [9.17, 15) is 18.4 Å². The summed E-state index contributed by atoms with van der Waals surface area (Å²) >= 11 is 6.81. The van der Waals surface area contributed by atoms with Gasteiger partial charge in [0.25, 0.3) is 0 Å². The summed E-state index contributed by atoms with van der Waals surface area (Å²) in [7, 11) is 0. The molecule has 0 aliphatic carbocycles. The number of nitrogens with zero attached hydrogens (tertiary/aromatic N) is 1. The molecule has 9 heteroatoms. The second kappa shape index (κ2) is 9.08. The summed E-state index contributed by atoms with van der Waals surface area (Å²) in [6, 6.07) is 0. The molecule has 0 unspecified atom stereocenters. The summed E-state index contributed by atoms with van der Waals surface area (Å²) in [6.07, 6.45) is 4.06. The van der Waals surface area contributed by atoms with Crippen LogP contribution in [0, 0.1) is 6.92 Å². The number of alkyl halides is 3. The van der Waals surface area contributed by atoms with Crippen LogP contribution in [0.3, 0.4) is 0 Å². The van der Waals surface area contributed by atoms with Gasteiger partial charge in [-0.05, 0) is 52.8 Å². The van der Waals surface area contributed by atoms with E-state index in [-0.39, 0.29) is 23.2 Å². The van der Waals surface area contributed by atoms with Crippen molar-refractivity contribution in [2.75, 3.05) is 5.88 Å². The Morgan fingerprint density at radius 2 is 1.83 bits per heavy atom. The number of rotatable bonds is 7. The third-order valence-corrected chi connectivity index (χ3v) is 5.77. The Morgan fingerprint density at radius 1 is 1.27 bits per heavy atom. The number of carbonyl (C=O) groups excluding carboxylic acids is 2. The van der Waals surface area contributed by atoms with E-state index in [1.807, 2.05) is 0 Å². The van der Waals surface area contributed by atoms with Gasteiger partial charge in [-0.3, -0.25) is 9.59 Å². The van der Waals surface area contributed by atoms with Crippen molar-refractivity contribution < 1.29 is 27.8 Å². The van der Waals surface area contributed by atoms with E-state index in [0.29, 0.717) is 21.2 Å². The number of hydrogen-bond donors (Lipinski definition) is 0. The van der Waals surface area contributed by atoms with Crippen LogP contribution < -0.4 is 0 Å². The Kier molecular flexibility index (Phi) is 7.37. The lowest BCUT2D eigenvalue weighted by Gasteiger charge is -2.42. The smallest absolute Gasteiger partial charge is 0.387 e. The number of ether oxygens (including phenoxy) is 2. The molecule has 164 valence electrons. The Balaban J connectivity index is 2.35. The molecular weight excluding hydrogens is 436 g/mol. The first kappa shape index (κ1) is 24.4. The minimum atomic E-state index is -2.98. The average Bonchev–Trinajstić information content (AvgIpc) is 2.99. The molecule has 1 aromatic heterocycles. The van der Waals surface area contributed by atoms with Gasteiger partial charge in [-0.2, -0.15) is 8.78 Å². The third kappa shape index (κ3) is 5.22. The summed E-state index contributed by atoms with van der Waals surface area (Å²) in [5, 5.41) is 0.462. The van der Waals surface area contributed by atoms with E-state index in [4.69, 9.17) is 16.3 Å². The summed E-state index contributed by atoms with van der Waals surface area (Å²) in [6.45, 7) is 9.21. The first-order valence-corrected chi connectivity index (χ1v) is 10.5. The van der Waals surface area contributed by atoms with Crippen molar-refractivity contribution in [3.63, 3.8) is 0 Å². The molecule has 1 aliphatic heterocycles. The molecule has 0 N–H and O–H groups in total. The molecule has 0 bridgehead atoms. The number of hydrogen-bond acceptors (Lipinski definition) is 6. The number of halogens is 3. The van der Waals surface area contributed by atoms with Crippen molar-refractivity contribution in [3.8, 4) is 0 Å². The van der Waals surface area contributed by atoms with Gasteiger partial charge >= 0.3 is 6.61 Å². The maximum absolute atomic E-state index is 12.9. The summed E-state index contributed by atoms with van der Waals surface area (Å²) < 4.78 is 35.0. The molecular formula is C21H24ClF2NO4S. The highest BCUT2D eigenvalue weighted by atomic mass is 35.5. The molecule has 0 radical (unpaired) electrons. The van der Waals surface area contributed by atoms with E-state index >= 15 is 0 Å². The number of aryl methyl sites for hydroxylation is 1. The standard InChI is InChI=1S/C21H24ClF2NO4S/c1-11(7-8-13(9-10-22)28-19(23)24)18-25-15(12(2)30-18)14-16(26)20(3,4)29-21(5,6)17(14)27/h7-9,14,19H,1,10H2,2-6H3/b8-7-,13-9+. The van der Waals surface area contributed by atoms with Crippen LogP contribution in [0.1, 0.15) is 49.2 Å². The van der Waals surface area contributed by atoms with E-state index in [0.717, 1.165) is 0 Å². The second-order valence-corrected chi connectivity index (χ2v) is 9.25. The molecule has 0 aromatic carbocycles. The average molecular weight is 460 g/mol. The summed E-state index contributed by atoms with van der Waals surface area (Å²) in [4.78, 5) is 31.1. The van der Waals surface area contributed by atoms with Crippen LogP contribution >= 0.6 is 22.9 Å². The monoisotopic (exact) mass is 459 g/mol. The predicted molar refractivity (Wildman–Crippen MR) is 113 cm³/mol. The van der Waals surface area contributed by atoms with E-state index in [1.54, 1.807) is 34.6 Å². The van der Waals surface area contributed by atoms with Gasteiger partial charge in [-0.15, -0.1) is 22.9 Å². The Bertz CT molecular complexity index is 892. The number of ketones is 2. The summed E-state index contributed by atoms with van der Waals surface area (Å²) in [5.74, 6) is -1.86. The number of carbonyl (C=O) groups is 2. The molecule has 1 aliphatic rings. The molecule has 30 heavy (non-hydrogen) atoms. The van der Waals surface area contributed by atoms with E-state index in [1.165, 1.54) is 29.6 Å². The van der Waals surface area contributed by atoms with Crippen LogP contribution in [-0.2, 0) is 19.1 Å². The normalized spacial score (nSPS) is 19.7. The highest BCUT2D eigenvalue weighted by molar-refractivity contribution is 7.12. The number of allylic oxidation sites excluding steroid dienone is 4. The molecule has 2 heterocycles. The van der Waals surface area contributed by atoms with Gasteiger partial charge in [-0.25, -0.2) is 4.98 Å². The van der Waals surface area contributed by atoms with Gasteiger partial charge < -0.3 is 9.47 Å². The fraction of sp³-hybridized carbons (Fsp3) is 0.476. The first-order valence-electron chi connectivity index (χ1n) is 9.14. The van der Waals surface area contributed by atoms with Gasteiger partial charge in [0, 0.05) is 16.3 Å². The highest BCUT2D eigenvalue weighted by Crippen LogP contribution is 2.40. The van der Waals surface area contributed by atoms with Gasteiger partial charge in [0.1, 0.15) is 27.9 Å². The molecule has 5 nitrogen and oxygen atoms in total. The van der Waals surface area contributed by atoms with Gasteiger partial charge in [0.15, 0.2) is 11.6 Å². The zero-order valence-corrected chi connectivity index (χ0v) is 19.0. The van der Waals surface area contributed by atoms with Gasteiger partial charge in [0.05, 0.1) is 5.69 Å². The van der Waals surface area contributed by atoms with Gasteiger partial charge in [0.2, 0.25) is 0 Å². The minimum absolute atomic E-state index is 0.00107. The van der Waals surface area contributed by atoms with Crippen molar-refractivity contribution in [1.82, 2.24) is 4.98 Å². The molecule has 1 fully saturated rings. The van der Waals surface area contributed by atoms with Crippen LogP contribution in [0.2, 0.25) is 0 Å². The zero-order valence-electron chi connectivity index (χ0n) is 17.4. The lowest BCUT2D eigenvalue weighted by Crippen LogP contribution is -2.58. The lowest BCUT2D eigenvalue weighted by atomic mass is 9.76. The maximum Gasteiger partial charge on any atom is 0.387 e. The third-order valence-electron chi connectivity index (χ3n) is 4.55. The predicted octanol–water partition coefficient (Wildman–Crippen LogP) is 5.19. The highest BCUT2D eigenvalue weighted by Gasteiger charge is 2.54.